The number of nitrogens with one attached hydrogen (secondary N) is 2. The van der Waals surface area contributed by atoms with Crippen molar-refractivity contribution in [3.63, 3.8) is 0 Å². The highest BCUT2D eigenvalue weighted by molar-refractivity contribution is 5.92. The molecule has 1 aromatic rings. The van der Waals surface area contributed by atoms with Gasteiger partial charge in [-0.3, -0.25) is 9.89 Å². The first-order valence-corrected chi connectivity index (χ1v) is 4.66. The Labute approximate surface area is 81.8 Å². The topological polar surface area (TPSA) is 67.0 Å². The number of aryl methyl sites for hydroxylation is 1. The molecule has 1 amide bonds. The van der Waals surface area contributed by atoms with Crippen LogP contribution in [0.25, 0.3) is 0 Å². The third-order valence-electron chi connectivity index (χ3n) is 2.38. The summed E-state index contributed by atoms with van der Waals surface area (Å²) in [6, 6.07) is 0. The maximum atomic E-state index is 11.6. The molecule has 0 aromatic carbocycles. The summed E-state index contributed by atoms with van der Waals surface area (Å²) in [4.78, 5) is 11.6. The molecule has 2 N–H and O–H groups in total. The first-order valence-electron chi connectivity index (χ1n) is 4.66. The van der Waals surface area contributed by atoms with Crippen molar-refractivity contribution < 1.29 is 9.53 Å². The maximum absolute atomic E-state index is 11.6. The number of aromatic amines is 1. The fraction of sp³-hybridized carbons (Fsp3) is 0.556. The minimum absolute atomic E-state index is 0.00912. The van der Waals surface area contributed by atoms with Crippen LogP contribution in [0.2, 0.25) is 0 Å². The van der Waals surface area contributed by atoms with Gasteiger partial charge in [-0.1, -0.05) is 0 Å². The van der Waals surface area contributed by atoms with E-state index in [2.05, 4.69) is 15.5 Å². The number of H-pyrrole nitrogens is 1. The minimum atomic E-state index is -0.0160. The standard InChI is InChI=1S/C9H13N3O2/c1-6-4-10-12-8(6)11-9(13)7-2-3-14-5-7/h4,7H,2-3,5H2,1H3,(H2,10,11,12,13). The molecule has 1 fully saturated rings. The predicted octanol–water partition coefficient (Wildman–Crippen LogP) is 0.693. The molecular weight excluding hydrogens is 182 g/mol. The van der Waals surface area contributed by atoms with Crippen molar-refractivity contribution in [1.29, 1.82) is 0 Å². The molecule has 5 heteroatoms. The summed E-state index contributed by atoms with van der Waals surface area (Å²) in [6.45, 7) is 3.10. The Morgan fingerprint density at radius 2 is 2.64 bits per heavy atom. The van der Waals surface area contributed by atoms with Gasteiger partial charge in [-0.05, 0) is 13.3 Å². The molecular formula is C9H13N3O2. The number of aromatic nitrogens is 2. The second kappa shape index (κ2) is 3.79. The van der Waals surface area contributed by atoms with E-state index in [9.17, 15) is 4.79 Å². The van der Waals surface area contributed by atoms with Crippen LogP contribution >= 0.6 is 0 Å². The Kier molecular flexibility index (Phi) is 2.49. The summed E-state index contributed by atoms with van der Waals surface area (Å²) in [6.07, 6.45) is 2.49. The number of carbonyl (C=O) groups excluding carboxylic acids is 1. The summed E-state index contributed by atoms with van der Waals surface area (Å²) in [5, 5.41) is 9.36. The highest BCUT2D eigenvalue weighted by atomic mass is 16.5. The number of hydrogen-bond acceptors (Lipinski definition) is 3. The Morgan fingerprint density at radius 1 is 1.79 bits per heavy atom. The number of carbonyl (C=O) groups is 1. The molecule has 0 aliphatic carbocycles. The van der Waals surface area contributed by atoms with Crippen molar-refractivity contribution in [3.8, 4) is 0 Å². The molecule has 1 aliphatic rings. The summed E-state index contributed by atoms with van der Waals surface area (Å²) in [5.41, 5.74) is 0.942. The van der Waals surface area contributed by atoms with E-state index in [1.165, 1.54) is 0 Å². The summed E-state index contributed by atoms with van der Waals surface area (Å²) < 4.78 is 5.14. The van der Waals surface area contributed by atoms with Crippen molar-refractivity contribution >= 4 is 11.7 Å². The van der Waals surface area contributed by atoms with Gasteiger partial charge in [0.15, 0.2) is 0 Å². The molecule has 1 unspecified atom stereocenters. The van der Waals surface area contributed by atoms with Gasteiger partial charge in [0.05, 0.1) is 18.7 Å². The third kappa shape index (κ3) is 1.77. The molecule has 2 heterocycles. The lowest BCUT2D eigenvalue weighted by Crippen LogP contribution is -2.23. The van der Waals surface area contributed by atoms with E-state index < -0.39 is 0 Å². The van der Waals surface area contributed by atoms with Crippen molar-refractivity contribution in [2.75, 3.05) is 18.5 Å². The van der Waals surface area contributed by atoms with Crippen molar-refractivity contribution in [2.24, 2.45) is 5.92 Å². The number of nitrogens with zero attached hydrogens (tertiary/aromatic N) is 1. The van der Waals surface area contributed by atoms with Crippen molar-refractivity contribution in [2.45, 2.75) is 13.3 Å². The summed E-state index contributed by atoms with van der Waals surface area (Å²) in [7, 11) is 0. The van der Waals surface area contributed by atoms with E-state index in [0.717, 1.165) is 12.0 Å². The van der Waals surface area contributed by atoms with Crippen LogP contribution in [0.3, 0.4) is 0 Å². The van der Waals surface area contributed by atoms with Crippen LogP contribution in [0.4, 0.5) is 5.82 Å². The zero-order chi connectivity index (χ0) is 9.97. The van der Waals surface area contributed by atoms with E-state index in [4.69, 9.17) is 4.74 Å². The normalized spacial score (nSPS) is 21.1. The molecule has 14 heavy (non-hydrogen) atoms. The second-order valence-corrected chi connectivity index (χ2v) is 3.48. The molecule has 0 bridgehead atoms. The van der Waals surface area contributed by atoms with E-state index in [1.54, 1.807) is 6.20 Å². The minimum Gasteiger partial charge on any atom is -0.381 e. The van der Waals surface area contributed by atoms with Crippen LogP contribution in [-0.4, -0.2) is 29.3 Å². The third-order valence-corrected chi connectivity index (χ3v) is 2.38. The SMILES string of the molecule is Cc1cn[nH]c1NC(=O)C1CCOC1. The van der Waals surface area contributed by atoms with E-state index in [0.29, 0.717) is 19.0 Å². The fourth-order valence-electron chi connectivity index (χ4n) is 1.44. The van der Waals surface area contributed by atoms with Gasteiger partial charge in [-0.15, -0.1) is 0 Å². The van der Waals surface area contributed by atoms with Gasteiger partial charge in [0.1, 0.15) is 5.82 Å². The van der Waals surface area contributed by atoms with Gasteiger partial charge in [-0.25, -0.2) is 0 Å². The number of hydrogen-bond donors (Lipinski definition) is 2. The van der Waals surface area contributed by atoms with E-state index in [-0.39, 0.29) is 11.8 Å². The van der Waals surface area contributed by atoms with Crippen LogP contribution in [0.5, 0.6) is 0 Å². The first-order chi connectivity index (χ1) is 6.77. The predicted molar refractivity (Wildman–Crippen MR) is 50.9 cm³/mol. The number of anilines is 1. The molecule has 1 saturated heterocycles. The Morgan fingerprint density at radius 3 is 3.21 bits per heavy atom. The fourth-order valence-corrected chi connectivity index (χ4v) is 1.44. The second-order valence-electron chi connectivity index (χ2n) is 3.48. The van der Waals surface area contributed by atoms with Crippen LogP contribution in [0.1, 0.15) is 12.0 Å². The molecule has 2 rings (SSSR count). The Bertz CT molecular complexity index is 329. The number of rotatable bonds is 2. The summed E-state index contributed by atoms with van der Waals surface area (Å²) >= 11 is 0. The van der Waals surface area contributed by atoms with Gasteiger partial charge >= 0.3 is 0 Å². The maximum Gasteiger partial charge on any atom is 0.231 e. The molecule has 0 saturated carbocycles. The van der Waals surface area contributed by atoms with Gasteiger partial charge < -0.3 is 10.1 Å². The van der Waals surface area contributed by atoms with Gasteiger partial charge in [0.2, 0.25) is 5.91 Å². The molecule has 76 valence electrons. The highest BCUT2D eigenvalue weighted by Gasteiger charge is 2.23. The Balaban J connectivity index is 1.97. The lowest BCUT2D eigenvalue weighted by atomic mass is 10.1. The van der Waals surface area contributed by atoms with Crippen LogP contribution in [-0.2, 0) is 9.53 Å². The number of amides is 1. The van der Waals surface area contributed by atoms with Crippen LogP contribution < -0.4 is 5.32 Å². The van der Waals surface area contributed by atoms with Gasteiger partial charge in [0, 0.05) is 12.2 Å². The molecule has 0 spiro atoms. The Hall–Kier alpha value is -1.36. The molecule has 5 nitrogen and oxygen atoms in total. The van der Waals surface area contributed by atoms with Gasteiger partial charge in [0.25, 0.3) is 0 Å². The van der Waals surface area contributed by atoms with Crippen LogP contribution in [0, 0.1) is 12.8 Å². The number of ether oxygens (including phenoxy) is 1. The molecule has 1 atom stereocenters. The molecule has 1 aliphatic heterocycles. The lowest BCUT2D eigenvalue weighted by molar-refractivity contribution is -0.119. The zero-order valence-electron chi connectivity index (χ0n) is 8.04. The highest BCUT2D eigenvalue weighted by Crippen LogP contribution is 2.16. The van der Waals surface area contributed by atoms with Crippen LogP contribution in [0.15, 0.2) is 6.20 Å². The average molecular weight is 195 g/mol. The van der Waals surface area contributed by atoms with Gasteiger partial charge in [-0.2, -0.15) is 5.10 Å². The first kappa shape index (κ1) is 9.21. The van der Waals surface area contributed by atoms with Crippen molar-refractivity contribution in [1.82, 2.24) is 10.2 Å². The average Bonchev–Trinajstić information content (AvgIpc) is 2.77. The van der Waals surface area contributed by atoms with E-state index in [1.807, 2.05) is 6.92 Å². The quantitative estimate of drug-likeness (QED) is 0.729. The van der Waals surface area contributed by atoms with Crippen molar-refractivity contribution in [3.05, 3.63) is 11.8 Å². The lowest BCUT2D eigenvalue weighted by Gasteiger charge is -2.07. The zero-order valence-corrected chi connectivity index (χ0v) is 8.04. The molecule has 1 aromatic heterocycles. The largest absolute Gasteiger partial charge is 0.381 e. The smallest absolute Gasteiger partial charge is 0.231 e. The molecule has 0 radical (unpaired) electrons. The van der Waals surface area contributed by atoms with E-state index >= 15 is 0 Å². The summed E-state index contributed by atoms with van der Waals surface area (Å²) in [5.74, 6) is 0.675. The monoisotopic (exact) mass is 195 g/mol.